The van der Waals surface area contributed by atoms with E-state index < -0.39 is 110 Å². The highest BCUT2D eigenvalue weighted by atomic mass is 16.8. The molecule has 36 heavy (non-hydrogen) atoms. The van der Waals surface area contributed by atoms with Gasteiger partial charge in [-0.05, 0) is 0 Å². The molecule has 0 saturated carbocycles. The second kappa shape index (κ2) is 11.1. The molecular formula is C18H26O18. The van der Waals surface area contributed by atoms with Crippen LogP contribution in [0.2, 0.25) is 0 Å². The van der Waals surface area contributed by atoms with E-state index in [1.807, 2.05) is 0 Å². The van der Waals surface area contributed by atoms with Gasteiger partial charge in [-0.2, -0.15) is 0 Å². The zero-order valence-electron chi connectivity index (χ0n) is 18.0. The van der Waals surface area contributed by atoms with Crippen LogP contribution < -0.4 is 0 Å². The molecule has 18 nitrogen and oxygen atoms in total. The molecule has 0 aliphatic carbocycles. The molecule has 0 amide bonds. The van der Waals surface area contributed by atoms with Crippen molar-refractivity contribution in [2.75, 3.05) is 0 Å². The lowest BCUT2D eigenvalue weighted by molar-refractivity contribution is -0.364. The van der Waals surface area contributed by atoms with E-state index in [1.165, 1.54) is 0 Å². The van der Waals surface area contributed by atoms with Gasteiger partial charge in [0.2, 0.25) is 0 Å². The lowest BCUT2D eigenvalue weighted by atomic mass is 9.96. The van der Waals surface area contributed by atoms with Gasteiger partial charge < -0.3 is 74.7 Å². The van der Waals surface area contributed by atoms with Crippen LogP contribution in [0.25, 0.3) is 0 Å². The molecule has 0 spiro atoms. The summed E-state index contributed by atoms with van der Waals surface area (Å²) in [5.74, 6) is -5.14. The Morgan fingerprint density at radius 1 is 0.583 bits per heavy atom. The fourth-order valence-electron chi connectivity index (χ4n) is 3.92. The highest BCUT2D eigenvalue weighted by molar-refractivity contribution is 5.74. The van der Waals surface area contributed by atoms with Crippen LogP contribution in [0, 0.1) is 0 Å². The number of carboxylic acids is 3. The fraction of sp³-hybridized carbons (Fsp3) is 0.833. The van der Waals surface area contributed by atoms with Gasteiger partial charge in [0, 0.05) is 6.42 Å². The Kier molecular flexibility index (Phi) is 8.81. The normalized spacial score (nSPS) is 47.8. The summed E-state index contributed by atoms with van der Waals surface area (Å²) in [5.41, 5.74) is 0. The zero-order valence-corrected chi connectivity index (χ0v) is 18.0. The molecule has 0 aromatic carbocycles. The molecule has 14 atom stereocenters. The largest absolute Gasteiger partial charge is 0.479 e. The van der Waals surface area contributed by atoms with Crippen molar-refractivity contribution in [1.82, 2.24) is 0 Å². The second-order valence-electron chi connectivity index (χ2n) is 8.34. The van der Waals surface area contributed by atoms with E-state index >= 15 is 0 Å². The Labute approximate surface area is 200 Å². The Morgan fingerprint density at radius 2 is 1.06 bits per heavy atom. The van der Waals surface area contributed by atoms with E-state index in [1.54, 1.807) is 0 Å². The maximum Gasteiger partial charge on any atom is 0.335 e. The second-order valence-corrected chi connectivity index (χ2v) is 8.34. The van der Waals surface area contributed by atoms with Crippen molar-refractivity contribution < 1.29 is 89.1 Å². The van der Waals surface area contributed by atoms with Gasteiger partial charge in [0.25, 0.3) is 0 Å². The molecule has 3 saturated heterocycles. The molecule has 3 aliphatic heterocycles. The number of carboxylic acid groups (broad SMARTS) is 3. The number of carbonyl (C=O) groups is 3. The number of aliphatic hydroxyl groups is 7. The van der Waals surface area contributed by atoms with Crippen LogP contribution in [-0.2, 0) is 38.1 Å². The molecule has 3 aliphatic rings. The SMILES string of the molecule is O=C(O)[C@@H]1C[C@H](O)[C@H](O)[C@H](O[C@H]2[C@H](O)[C@H](O)[C@H](O[C@H]3[C@H](O)[C@H](O)[C@H](O)O[C@H]3C(=O)O)O[C@@H]2C(=O)O)O1. The minimum absolute atomic E-state index is 0.530. The maximum atomic E-state index is 11.8. The Hall–Kier alpha value is -2.07. The topological polar surface area (TPSA) is 300 Å². The lowest BCUT2D eigenvalue weighted by Crippen LogP contribution is -2.66. The van der Waals surface area contributed by atoms with E-state index in [2.05, 4.69) is 4.74 Å². The van der Waals surface area contributed by atoms with Gasteiger partial charge >= 0.3 is 17.9 Å². The minimum atomic E-state index is -2.22. The number of hydrogen-bond donors (Lipinski definition) is 10. The first-order chi connectivity index (χ1) is 16.7. The average molecular weight is 530 g/mol. The molecule has 0 unspecified atom stereocenters. The summed E-state index contributed by atoms with van der Waals surface area (Å²) in [6.07, 6.45) is -29.1. The summed E-state index contributed by atoms with van der Waals surface area (Å²) in [6, 6.07) is 0. The summed E-state index contributed by atoms with van der Waals surface area (Å²) in [7, 11) is 0. The summed E-state index contributed by atoms with van der Waals surface area (Å²) < 4.78 is 25.1. The van der Waals surface area contributed by atoms with Crippen LogP contribution in [0.4, 0.5) is 0 Å². The van der Waals surface area contributed by atoms with Crippen molar-refractivity contribution in [3.63, 3.8) is 0 Å². The Morgan fingerprint density at radius 3 is 1.56 bits per heavy atom. The van der Waals surface area contributed by atoms with Gasteiger partial charge in [-0.25, -0.2) is 14.4 Å². The van der Waals surface area contributed by atoms with Gasteiger partial charge in [-0.3, -0.25) is 0 Å². The monoisotopic (exact) mass is 530 g/mol. The summed E-state index contributed by atoms with van der Waals surface area (Å²) in [5, 5.41) is 98.3. The average Bonchev–Trinajstić information content (AvgIpc) is 2.80. The predicted molar refractivity (Wildman–Crippen MR) is 102 cm³/mol. The van der Waals surface area contributed by atoms with E-state index in [0.717, 1.165) is 0 Å². The smallest absolute Gasteiger partial charge is 0.335 e. The molecule has 3 heterocycles. The van der Waals surface area contributed by atoms with Crippen LogP contribution in [0.3, 0.4) is 0 Å². The standard InChI is InChI=1S/C18H26O18/c19-2-1-3(13(25)26)32-17(4(2)20)34-10-6(22)8(24)18(36-12(10)15(29)30)35-9-5(21)7(23)16(31)33-11(9)14(27)28/h2-12,16-24,31H,1H2,(H,25,26)(H,27,28)(H,29,30)/t2-,3-,4-,5+,6+,7-,8-,9-,10-,11+,12-,16+,17-,18+/m0/s1. The molecule has 206 valence electrons. The molecule has 3 rings (SSSR count). The molecule has 10 N–H and O–H groups in total. The van der Waals surface area contributed by atoms with Gasteiger partial charge in [-0.1, -0.05) is 0 Å². The predicted octanol–water partition coefficient (Wildman–Crippen LogP) is -6.27. The molecule has 0 aromatic rings. The van der Waals surface area contributed by atoms with Crippen LogP contribution in [0.5, 0.6) is 0 Å². The zero-order chi connectivity index (χ0) is 27.1. The molecule has 18 heteroatoms. The molecule has 0 aromatic heterocycles. The molecule has 3 fully saturated rings. The third kappa shape index (κ3) is 5.59. The summed E-state index contributed by atoms with van der Waals surface area (Å²) in [6.45, 7) is 0. The van der Waals surface area contributed by atoms with Crippen molar-refractivity contribution in [2.24, 2.45) is 0 Å². The van der Waals surface area contributed by atoms with E-state index in [9.17, 15) is 60.3 Å². The summed E-state index contributed by atoms with van der Waals surface area (Å²) in [4.78, 5) is 34.5. The first-order valence-corrected chi connectivity index (χ1v) is 10.5. The van der Waals surface area contributed by atoms with E-state index in [4.69, 9.17) is 24.1 Å². The van der Waals surface area contributed by atoms with Gasteiger partial charge in [0.1, 0.15) is 42.7 Å². The van der Waals surface area contributed by atoms with Crippen LogP contribution >= 0.6 is 0 Å². The fourth-order valence-corrected chi connectivity index (χ4v) is 3.92. The highest BCUT2D eigenvalue weighted by Gasteiger charge is 2.55. The number of aliphatic carboxylic acids is 3. The minimum Gasteiger partial charge on any atom is -0.479 e. The number of ether oxygens (including phenoxy) is 5. The van der Waals surface area contributed by atoms with E-state index in [0.29, 0.717) is 0 Å². The first kappa shape index (κ1) is 28.5. The van der Waals surface area contributed by atoms with Crippen LogP contribution in [-0.4, -0.2) is 155 Å². The number of hydrogen-bond acceptors (Lipinski definition) is 15. The maximum absolute atomic E-state index is 11.8. The molecular weight excluding hydrogens is 504 g/mol. The van der Waals surface area contributed by atoms with Gasteiger partial charge in [0.05, 0.1) is 6.10 Å². The van der Waals surface area contributed by atoms with Crippen LogP contribution in [0.15, 0.2) is 0 Å². The van der Waals surface area contributed by atoms with Crippen molar-refractivity contribution in [2.45, 2.75) is 92.4 Å². The Bertz CT molecular complexity index is 822. The van der Waals surface area contributed by atoms with Crippen molar-refractivity contribution in [1.29, 1.82) is 0 Å². The molecule has 0 bridgehead atoms. The summed E-state index contributed by atoms with van der Waals surface area (Å²) >= 11 is 0. The number of aliphatic hydroxyl groups excluding tert-OH is 7. The van der Waals surface area contributed by atoms with Crippen molar-refractivity contribution in [3.05, 3.63) is 0 Å². The quantitative estimate of drug-likeness (QED) is 0.146. The van der Waals surface area contributed by atoms with Gasteiger partial charge in [-0.15, -0.1) is 0 Å². The van der Waals surface area contributed by atoms with Gasteiger partial charge in [0.15, 0.2) is 37.2 Å². The third-order valence-electron chi connectivity index (χ3n) is 5.88. The highest BCUT2D eigenvalue weighted by Crippen LogP contribution is 2.32. The molecule has 0 radical (unpaired) electrons. The lowest BCUT2D eigenvalue weighted by Gasteiger charge is -2.46. The first-order valence-electron chi connectivity index (χ1n) is 10.5. The van der Waals surface area contributed by atoms with Crippen LogP contribution in [0.1, 0.15) is 6.42 Å². The Balaban J connectivity index is 1.80. The number of rotatable bonds is 7. The third-order valence-corrected chi connectivity index (χ3v) is 5.88. The van der Waals surface area contributed by atoms with E-state index in [-0.39, 0.29) is 0 Å². The van der Waals surface area contributed by atoms with Crippen molar-refractivity contribution >= 4 is 17.9 Å². The van der Waals surface area contributed by atoms with Crippen molar-refractivity contribution in [3.8, 4) is 0 Å².